The van der Waals surface area contributed by atoms with Gasteiger partial charge in [-0.1, -0.05) is 45.7 Å². The maximum Gasteiger partial charge on any atom is 0.373 e. The van der Waals surface area contributed by atoms with E-state index in [0.717, 1.165) is 15.4 Å². The Morgan fingerprint density at radius 2 is 1.90 bits per heavy atom. The average molecular weight is 487 g/mol. The topological polar surface area (TPSA) is 103 Å². The number of aromatic nitrogens is 3. The van der Waals surface area contributed by atoms with Gasteiger partial charge < -0.3 is 10.1 Å². The number of nitro groups is 1. The van der Waals surface area contributed by atoms with Gasteiger partial charge in [0.25, 0.3) is 0 Å². The number of fused-ring (bicyclic) bond motifs is 1. The Labute approximate surface area is 184 Å². The Kier molecular flexibility index (Phi) is 5.73. The summed E-state index contributed by atoms with van der Waals surface area (Å²) in [5.74, 6) is 0.219. The number of hydrogen-bond acceptors (Lipinski definition) is 7. The second-order valence-corrected chi connectivity index (χ2v) is 7.45. The van der Waals surface area contributed by atoms with Crippen LogP contribution in [0.1, 0.15) is 5.56 Å². The zero-order valence-corrected chi connectivity index (χ0v) is 17.6. The number of benzene rings is 2. The van der Waals surface area contributed by atoms with Crippen molar-refractivity contribution in [3.63, 3.8) is 0 Å². The van der Waals surface area contributed by atoms with Gasteiger partial charge in [-0.15, -0.1) is 0 Å². The van der Waals surface area contributed by atoms with E-state index in [2.05, 4.69) is 36.2 Å². The third-order valence-corrected chi connectivity index (χ3v) is 5.17. The van der Waals surface area contributed by atoms with E-state index < -0.39 is 4.92 Å². The summed E-state index contributed by atoms with van der Waals surface area (Å²) in [5, 5.41) is 16.2. The highest BCUT2D eigenvalue weighted by Crippen LogP contribution is 2.37. The summed E-state index contributed by atoms with van der Waals surface area (Å²) in [6, 6.07) is 14.2. The molecule has 0 fully saturated rings. The molecule has 0 unspecified atom stereocenters. The van der Waals surface area contributed by atoms with Crippen molar-refractivity contribution in [1.82, 2.24) is 15.0 Å². The molecule has 30 heavy (non-hydrogen) atoms. The van der Waals surface area contributed by atoms with Crippen LogP contribution in [-0.4, -0.2) is 19.9 Å². The molecule has 0 amide bonds. The lowest BCUT2D eigenvalue weighted by molar-refractivity contribution is -0.385. The number of hydrogen-bond donors (Lipinski definition) is 1. The Morgan fingerprint density at radius 3 is 2.67 bits per heavy atom. The van der Waals surface area contributed by atoms with E-state index in [9.17, 15) is 10.1 Å². The van der Waals surface area contributed by atoms with Crippen LogP contribution >= 0.6 is 27.5 Å². The zero-order valence-electron chi connectivity index (χ0n) is 15.3. The summed E-state index contributed by atoms with van der Waals surface area (Å²) < 4.78 is 6.65. The van der Waals surface area contributed by atoms with E-state index in [1.807, 2.05) is 18.2 Å². The third-order valence-electron chi connectivity index (χ3n) is 4.23. The van der Waals surface area contributed by atoms with E-state index in [1.54, 1.807) is 36.5 Å². The van der Waals surface area contributed by atoms with Crippen molar-refractivity contribution < 1.29 is 9.66 Å². The van der Waals surface area contributed by atoms with E-state index in [1.165, 1.54) is 6.33 Å². The van der Waals surface area contributed by atoms with Crippen LogP contribution in [-0.2, 0) is 6.54 Å². The molecule has 0 bridgehead atoms. The van der Waals surface area contributed by atoms with Crippen LogP contribution < -0.4 is 10.1 Å². The SMILES string of the molecule is O=[N+]([O-])c1c(NCc2ccc(Cl)cc2)ncnc1Oc1ccc(Br)c2cccnc12. The predicted molar refractivity (Wildman–Crippen MR) is 117 cm³/mol. The highest BCUT2D eigenvalue weighted by atomic mass is 79.9. The lowest BCUT2D eigenvalue weighted by Crippen LogP contribution is -2.07. The van der Waals surface area contributed by atoms with Gasteiger partial charge in [-0.3, -0.25) is 15.1 Å². The quantitative estimate of drug-likeness (QED) is 0.273. The standard InChI is InChI=1S/C20H13BrClN5O3/c21-15-7-8-16(17-14(15)2-1-9-23-17)30-20-18(27(28)29)19(25-11-26-20)24-10-12-3-5-13(22)6-4-12/h1-9,11H,10H2,(H,24,25,26). The molecule has 10 heteroatoms. The molecule has 0 aliphatic heterocycles. The predicted octanol–water partition coefficient (Wildman–Crippen LogP) is 5.75. The van der Waals surface area contributed by atoms with Crippen LogP contribution in [0.3, 0.4) is 0 Å². The molecule has 2 heterocycles. The van der Waals surface area contributed by atoms with Gasteiger partial charge in [-0.05, 0) is 35.9 Å². The van der Waals surface area contributed by atoms with Crippen LogP contribution in [0.2, 0.25) is 5.02 Å². The van der Waals surface area contributed by atoms with Crippen molar-refractivity contribution in [3.05, 3.63) is 86.2 Å². The second-order valence-electron chi connectivity index (χ2n) is 6.16. The smallest absolute Gasteiger partial charge is 0.373 e. The average Bonchev–Trinajstić information content (AvgIpc) is 2.75. The molecule has 0 aliphatic rings. The van der Waals surface area contributed by atoms with Gasteiger partial charge in [-0.2, -0.15) is 4.98 Å². The number of halogens is 2. The van der Waals surface area contributed by atoms with Gasteiger partial charge in [0.1, 0.15) is 11.8 Å². The van der Waals surface area contributed by atoms with Crippen molar-refractivity contribution in [1.29, 1.82) is 0 Å². The Hall–Kier alpha value is -3.30. The summed E-state index contributed by atoms with van der Waals surface area (Å²) in [5.41, 5.74) is 1.08. The van der Waals surface area contributed by atoms with Gasteiger partial charge in [-0.25, -0.2) is 4.98 Å². The molecule has 0 radical (unpaired) electrons. The molecule has 1 N–H and O–H groups in total. The molecular formula is C20H13BrClN5O3. The molecule has 0 aliphatic carbocycles. The Morgan fingerprint density at radius 1 is 1.10 bits per heavy atom. The highest BCUT2D eigenvalue weighted by molar-refractivity contribution is 9.10. The van der Waals surface area contributed by atoms with Crippen molar-refractivity contribution in [2.45, 2.75) is 6.54 Å². The van der Waals surface area contributed by atoms with Crippen LogP contribution in [0.5, 0.6) is 11.6 Å². The minimum Gasteiger partial charge on any atom is -0.431 e. The lowest BCUT2D eigenvalue weighted by atomic mass is 10.2. The van der Waals surface area contributed by atoms with Gasteiger partial charge in [0.15, 0.2) is 5.75 Å². The van der Waals surface area contributed by atoms with Crippen LogP contribution in [0, 0.1) is 10.1 Å². The number of pyridine rings is 1. The molecule has 2 aromatic carbocycles. The van der Waals surface area contributed by atoms with Gasteiger partial charge in [0, 0.05) is 27.6 Å². The van der Waals surface area contributed by atoms with Crippen molar-refractivity contribution in [3.8, 4) is 11.6 Å². The van der Waals surface area contributed by atoms with Crippen LogP contribution in [0.4, 0.5) is 11.5 Å². The van der Waals surface area contributed by atoms with Crippen molar-refractivity contribution in [2.24, 2.45) is 0 Å². The summed E-state index contributed by atoms with van der Waals surface area (Å²) >= 11 is 9.35. The molecule has 2 aromatic heterocycles. The number of rotatable bonds is 6. The summed E-state index contributed by atoms with van der Waals surface area (Å²) in [6.07, 6.45) is 2.83. The lowest BCUT2D eigenvalue weighted by Gasteiger charge is -2.11. The fourth-order valence-corrected chi connectivity index (χ4v) is 3.40. The van der Waals surface area contributed by atoms with Crippen LogP contribution in [0.25, 0.3) is 10.9 Å². The van der Waals surface area contributed by atoms with Crippen molar-refractivity contribution >= 4 is 49.9 Å². The minimum absolute atomic E-state index is 0.0503. The van der Waals surface area contributed by atoms with Crippen LogP contribution in [0.15, 0.2) is 65.5 Å². The molecule has 0 saturated heterocycles. The van der Waals surface area contributed by atoms with E-state index in [4.69, 9.17) is 16.3 Å². The molecule has 150 valence electrons. The van der Waals surface area contributed by atoms with E-state index in [0.29, 0.717) is 22.8 Å². The Bertz CT molecular complexity index is 1240. The molecule has 0 atom stereocenters. The molecule has 4 aromatic rings. The fourth-order valence-electron chi connectivity index (χ4n) is 2.82. The summed E-state index contributed by atoms with van der Waals surface area (Å²) in [6.45, 7) is 0.317. The number of ether oxygens (including phenoxy) is 1. The molecule has 0 spiro atoms. The van der Waals surface area contributed by atoms with Gasteiger partial charge in [0.2, 0.25) is 5.82 Å². The Balaban J connectivity index is 1.67. The first-order valence-corrected chi connectivity index (χ1v) is 9.89. The van der Waals surface area contributed by atoms with Crippen molar-refractivity contribution in [2.75, 3.05) is 5.32 Å². The number of anilines is 1. The number of nitrogens with zero attached hydrogens (tertiary/aromatic N) is 4. The second kappa shape index (κ2) is 8.60. The first kappa shape index (κ1) is 20.0. The summed E-state index contributed by atoms with van der Waals surface area (Å²) in [4.78, 5) is 23.5. The molecule has 0 saturated carbocycles. The number of nitrogens with one attached hydrogen (secondary N) is 1. The monoisotopic (exact) mass is 485 g/mol. The largest absolute Gasteiger partial charge is 0.431 e. The molecule has 4 rings (SSSR count). The first-order valence-electron chi connectivity index (χ1n) is 8.71. The molecule has 8 nitrogen and oxygen atoms in total. The maximum atomic E-state index is 11.8. The van der Waals surface area contributed by atoms with E-state index in [-0.39, 0.29) is 17.4 Å². The highest BCUT2D eigenvalue weighted by Gasteiger charge is 2.25. The third kappa shape index (κ3) is 4.17. The maximum absolute atomic E-state index is 11.8. The summed E-state index contributed by atoms with van der Waals surface area (Å²) in [7, 11) is 0. The van der Waals surface area contributed by atoms with Gasteiger partial charge >= 0.3 is 11.6 Å². The molecular weight excluding hydrogens is 474 g/mol. The first-order chi connectivity index (χ1) is 14.5. The fraction of sp³-hybridized carbons (Fsp3) is 0.0500. The zero-order chi connectivity index (χ0) is 21.1. The van der Waals surface area contributed by atoms with E-state index >= 15 is 0 Å². The normalized spacial score (nSPS) is 10.7. The van der Waals surface area contributed by atoms with Gasteiger partial charge in [0.05, 0.1) is 4.92 Å². The minimum atomic E-state index is -0.575.